The van der Waals surface area contributed by atoms with Crippen molar-refractivity contribution in [3.63, 3.8) is 0 Å². The number of fused-ring (bicyclic) bond motifs is 2. The summed E-state index contributed by atoms with van der Waals surface area (Å²) in [5.41, 5.74) is 5.39. The molecule has 2 atom stereocenters. The highest BCUT2D eigenvalue weighted by Gasteiger charge is 2.41. The molecule has 0 aromatic heterocycles. The monoisotopic (exact) mass is 283 g/mol. The molecule has 2 heterocycles. The van der Waals surface area contributed by atoms with Crippen LogP contribution in [0.15, 0.2) is 12.1 Å². The van der Waals surface area contributed by atoms with Gasteiger partial charge >= 0.3 is 5.69 Å². The van der Waals surface area contributed by atoms with E-state index in [0.717, 1.165) is 31.7 Å². The minimum Gasteiger partial charge on any atom is -0.363 e. The average Bonchev–Trinajstić information content (AvgIpc) is 2.62. The molecule has 0 aliphatic carbocycles. The van der Waals surface area contributed by atoms with Crippen LogP contribution < -0.4 is 10.6 Å². The van der Waals surface area contributed by atoms with Gasteiger partial charge in [0.1, 0.15) is 5.82 Å². The smallest absolute Gasteiger partial charge is 0.307 e. The van der Waals surface area contributed by atoms with Gasteiger partial charge < -0.3 is 10.6 Å². The molecule has 1 aromatic rings. The number of hydrogen-bond acceptors (Lipinski definition) is 4. The Morgan fingerprint density at radius 3 is 2.35 bits per heavy atom. The van der Waals surface area contributed by atoms with E-state index in [-0.39, 0.29) is 23.8 Å². The fourth-order valence-corrected chi connectivity index (χ4v) is 3.48. The highest BCUT2D eigenvalue weighted by molar-refractivity contribution is 5.57. The first-order valence-electron chi connectivity index (χ1n) is 6.64. The maximum Gasteiger partial charge on any atom is 0.307 e. The number of rotatable bonds is 2. The molecule has 0 radical (unpaired) electrons. The fourth-order valence-electron chi connectivity index (χ4n) is 3.48. The van der Waals surface area contributed by atoms with Crippen molar-refractivity contribution >= 4 is 11.4 Å². The van der Waals surface area contributed by atoms with E-state index < -0.39 is 22.2 Å². The van der Waals surface area contributed by atoms with Crippen LogP contribution in [0.5, 0.6) is 0 Å². The molecule has 5 nitrogen and oxygen atoms in total. The molecule has 2 unspecified atom stereocenters. The normalized spacial score (nSPS) is 28.8. The Morgan fingerprint density at radius 2 is 1.80 bits per heavy atom. The molecule has 108 valence electrons. The summed E-state index contributed by atoms with van der Waals surface area (Å²) in [6.45, 7) is 0. The third-order valence-corrected chi connectivity index (χ3v) is 4.26. The van der Waals surface area contributed by atoms with Crippen molar-refractivity contribution in [3.05, 3.63) is 33.9 Å². The summed E-state index contributed by atoms with van der Waals surface area (Å²) in [6, 6.07) is 1.86. The van der Waals surface area contributed by atoms with Crippen LogP contribution in [-0.4, -0.2) is 23.0 Å². The zero-order valence-electron chi connectivity index (χ0n) is 10.8. The summed E-state index contributed by atoms with van der Waals surface area (Å²) in [5, 5.41) is 10.8. The van der Waals surface area contributed by atoms with Gasteiger partial charge in [-0.1, -0.05) is 0 Å². The van der Waals surface area contributed by atoms with E-state index in [1.165, 1.54) is 0 Å². The predicted molar refractivity (Wildman–Crippen MR) is 69.5 cm³/mol. The Balaban J connectivity index is 2.02. The van der Waals surface area contributed by atoms with E-state index in [1.807, 2.05) is 4.90 Å². The van der Waals surface area contributed by atoms with Crippen molar-refractivity contribution < 1.29 is 13.7 Å². The minimum absolute atomic E-state index is 0.0854. The molecule has 7 heteroatoms. The van der Waals surface area contributed by atoms with Crippen LogP contribution in [0.1, 0.15) is 25.7 Å². The van der Waals surface area contributed by atoms with Crippen molar-refractivity contribution in [1.29, 1.82) is 0 Å². The molecule has 2 N–H and O–H groups in total. The van der Waals surface area contributed by atoms with Crippen LogP contribution in [0.25, 0.3) is 0 Å². The lowest BCUT2D eigenvalue weighted by Crippen LogP contribution is -2.47. The Kier molecular flexibility index (Phi) is 3.08. The number of nitro groups is 1. The standard InChI is InChI=1S/C13H15F2N3O2/c14-10-5-11(15)13(18(19)20)6-12(10)17-8-1-2-9(17)4-7(16)3-8/h5-9H,1-4,16H2. The van der Waals surface area contributed by atoms with Gasteiger partial charge in [-0.15, -0.1) is 0 Å². The van der Waals surface area contributed by atoms with Crippen LogP contribution in [-0.2, 0) is 0 Å². The van der Waals surface area contributed by atoms with Crippen molar-refractivity contribution in [2.45, 2.75) is 43.8 Å². The number of nitro benzene ring substituents is 1. The maximum atomic E-state index is 14.0. The van der Waals surface area contributed by atoms with Crippen LogP contribution in [0, 0.1) is 21.7 Å². The third-order valence-electron chi connectivity index (χ3n) is 4.26. The van der Waals surface area contributed by atoms with Crippen LogP contribution in [0.3, 0.4) is 0 Å². The summed E-state index contributed by atoms with van der Waals surface area (Å²) in [5.74, 6) is -1.89. The molecular formula is C13H15F2N3O2. The molecule has 0 spiro atoms. The SMILES string of the molecule is NC1CC2CCC(C1)N2c1cc([N+](=O)[O-])c(F)cc1F. The Labute approximate surface area is 114 Å². The number of piperidine rings is 1. The summed E-state index contributed by atoms with van der Waals surface area (Å²) in [7, 11) is 0. The van der Waals surface area contributed by atoms with E-state index >= 15 is 0 Å². The molecule has 2 saturated heterocycles. The van der Waals surface area contributed by atoms with Gasteiger partial charge in [0.15, 0.2) is 0 Å². The van der Waals surface area contributed by atoms with E-state index in [9.17, 15) is 18.9 Å². The Bertz CT molecular complexity index is 553. The quantitative estimate of drug-likeness (QED) is 0.668. The molecule has 2 aliphatic rings. The molecule has 0 amide bonds. The zero-order chi connectivity index (χ0) is 14.4. The molecule has 2 aliphatic heterocycles. The number of nitrogens with zero attached hydrogens (tertiary/aromatic N) is 2. The highest BCUT2D eigenvalue weighted by atomic mass is 19.1. The number of hydrogen-bond donors (Lipinski definition) is 1. The second-order valence-electron chi connectivity index (χ2n) is 5.54. The zero-order valence-corrected chi connectivity index (χ0v) is 10.8. The topological polar surface area (TPSA) is 72.4 Å². The van der Waals surface area contributed by atoms with Crippen LogP contribution in [0.2, 0.25) is 0 Å². The van der Waals surface area contributed by atoms with Gasteiger partial charge in [-0.2, -0.15) is 4.39 Å². The van der Waals surface area contributed by atoms with Crippen molar-refractivity contribution in [3.8, 4) is 0 Å². The lowest BCUT2D eigenvalue weighted by Gasteiger charge is -2.39. The van der Waals surface area contributed by atoms with E-state index in [2.05, 4.69) is 0 Å². The first-order chi connectivity index (χ1) is 9.47. The highest BCUT2D eigenvalue weighted by Crippen LogP contribution is 2.41. The van der Waals surface area contributed by atoms with Gasteiger partial charge in [0, 0.05) is 30.3 Å². The minimum atomic E-state index is -1.14. The maximum absolute atomic E-state index is 14.0. The summed E-state index contributed by atoms with van der Waals surface area (Å²) in [6.07, 6.45) is 3.26. The molecule has 20 heavy (non-hydrogen) atoms. The van der Waals surface area contributed by atoms with Crippen molar-refractivity contribution in [1.82, 2.24) is 0 Å². The van der Waals surface area contributed by atoms with Gasteiger partial charge in [-0.3, -0.25) is 10.1 Å². The molecule has 2 fully saturated rings. The number of anilines is 1. The number of halogens is 2. The largest absolute Gasteiger partial charge is 0.363 e. The van der Waals surface area contributed by atoms with Gasteiger partial charge in [-0.25, -0.2) is 4.39 Å². The van der Waals surface area contributed by atoms with Gasteiger partial charge in [0.2, 0.25) is 5.82 Å². The first-order valence-corrected chi connectivity index (χ1v) is 6.64. The fraction of sp³-hybridized carbons (Fsp3) is 0.538. The van der Waals surface area contributed by atoms with E-state index in [4.69, 9.17) is 5.73 Å². The average molecular weight is 283 g/mol. The molecule has 1 aromatic carbocycles. The van der Waals surface area contributed by atoms with Crippen LogP contribution in [0.4, 0.5) is 20.2 Å². The Morgan fingerprint density at radius 1 is 1.20 bits per heavy atom. The van der Waals surface area contributed by atoms with Crippen molar-refractivity contribution in [2.75, 3.05) is 4.90 Å². The third kappa shape index (κ3) is 2.02. The second kappa shape index (κ2) is 4.66. The number of nitrogens with two attached hydrogens (primary N) is 1. The molecular weight excluding hydrogens is 268 g/mol. The van der Waals surface area contributed by atoms with Gasteiger partial charge in [0.25, 0.3) is 0 Å². The van der Waals surface area contributed by atoms with Crippen LogP contribution >= 0.6 is 0 Å². The van der Waals surface area contributed by atoms with E-state index in [1.54, 1.807) is 0 Å². The van der Waals surface area contributed by atoms with Crippen molar-refractivity contribution in [2.24, 2.45) is 5.73 Å². The van der Waals surface area contributed by atoms with Gasteiger partial charge in [-0.05, 0) is 25.7 Å². The lowest BCUT2D eigenvalue weighted by atomic mass is 9.97. The molecule has 0 saturated carbocycles. The first kappa shape index (κ1) is 13.2. The predicted octanol–water partition coefficient (Wildman–Crippen LogP) is 2.33. The van der Waals surface area contributed by atoms with E-state index in [0.29, 0.717) is 6.07 Å². The summed E-state index contributed by atoms with van der Waals surface area (Å²) in [4.78, 5) is 11.8. The Hall–Kier alpha value is -1.76. The molecule has 2 bridgehead atoms. The molecule has 3 rings (SSSR count). The van der Waals surface area contributed by atoms with Gasteiger partial charge in [0.05, 0.1) is 10.6 Å². The lowest BCUT2D eigenvalue weighted by molar-refractivity contribution is -0.387. The second-order valence-corrected chi connectivity index (χ2v) is 5.54. The number of benzene rings is 1. The summed E-state index contributed by atoms with van der Waals surface area (Å²) < 4.78 is 27.4. The summed E-state index contributed by atoms with van der Waals surface area (Å²) >= 11 is 0.